The molecule has 2 aromatic carbocycles. The van der Waals surface area contributed by atoms with E-state index in [9.17, 15) is 4.79 Å². The lowest BCUT2D eigenvalue weighted by Crippen LogP contribution is -2.48. The number of carbonyl (C=O) groups is 1. The van der Waals surface area contributed by atoms with Crippen molar-refractivity contribution >= 4 is 5.78 Å². The molecule has 3 heteroatoms. The van der Waals surface area contributed by atoms with Crippen molar-refractivity contribution in [1.29, 1.82) is 0 Å². The van der Waals surface area contributed by atoms with Crippen molar-refractivity contribution in [3.63, 3.8) is 0 Å². The molecule has 25 heavy (non-hydrogen) atoms. The molecular formula is C22H28NO2+. The minimum Gasteiger partial charge on any atom is -0.489 e. The Balaban J connectivity index is 1.50. The van der Waals surface area contributed by atoms with Gasteiger partial charge in [-0.1, -0.05) is 30.3 Å². The second-order valence-electron chi connectivity index (χ2n) is 7.32. The van der Waals surface area contributed by atoms with Crippen molar-refractivity contribution in [1.82, 2.24) is 0 Å². The number of nitrogens with zero attached hydrogens (tertiary/aromatic N) is 1. The van der Waals surface area contributed by atoms with Gasteiger partial charge >= 0.3 is 0 Å². The monoisotopic (exact) mass is 338 g/mol. The first-order chi connectivity index (χ1) is 12.1. The molecule has 1 fully saturated rings. The number of ketones is 1. The second kappa shape index (κ2) is 8.30. The molecule has 0 N–H and O–H groups in total. The van der Waals surface area contributed by atoms with Gasteiger partial charge in [-0.25, -0.2) is 0 Å². The van der Waals surface area contributed by atoms with Crippen LogP contribution in [0.2, 0.25) is 0 Å². The summed E-state index contributed by atoms with van der Waals surface area (Å²) in [6, 6.07) is 17.7. The van der Waals surface area contributed by atoms with Gasteiger partial charge in [-0.3, -0.25) is 4.79 Å². The van der Waals surface area contributed by atoms with E-state index >= 15 is 0 Å². The summed E-state index contributed by atoms with van der Waals surface area (Å²) < 4.78 is 6.83. The fourth-order valence-corrected chi connectivity index (χ4v) is 3.49. The number of Topliss-reactive ketones (excluding diaryl/α,β-unsaturated/α-hetero) is 1. The molecule has 0 radical (unpaired) electrons. The number of hydrogen-bond acceptors (Lipinski definition) is 2. The molecule has 1 aliphatic rings. The summed E-state index contributed by atoms with van der Waals surface area (Å²) in [4.78, 5) is 12.5. The molecule has 3 rings (SSSR count). The normalized spacial score (nSPS) is 16.4. The van der Waals surface area contributed by atoms with Gasteiger partial charge in [-0.05, 0) is 49.1 Å². The lowest BCUT2D eigenvalue weighted by molar-refractivity contribution is -0.913. The summed E-state index contributed by atoms with van der Waals surface area (Å²) in [5.41, 5.74) is 1.93. The molecule has 2 aromatic rings. The minimum atomic E-state index is 0.236. The second-order valence-corrected chi connectivity index (χ2v) is 7.32. The Labute approximate surface area is 150 Å². The number of carbonyl (C=O) groups excluding carboxylic acids is 1. The van der Waals surface area contributed by atoms with Crippen LogP contribution in [-0.2, 0) is 6.61 Å². The fourth-order valence-electron chi connectivity index (χ4n) is 3.49. The maximum atomic E-state index is 12.5. The predicted octanol–water partition coefficient (Wildman–Crippen LogP) is 4.47. The van der Waals surface area contributed by atoms with E-state index in [-0.39, 0.29) is 5.78 Å². The third-order valence-corrected chi connectivity index (χ3v) is 5.20. The molecule has 0 unspecified atom stereocenters. The van der Waals surface area contributed by atoms with Crippen molar-refractivity contribution in [2.24, 2.45) is 0 Å². The topological polar surface area (TPSA) is 26.3 Å². The Bertz CT molecular complexity index is 673. The maximum absolute atomic E-state index is 12.5. The minimum absolute atomic E-state index is 0.236. The van der Waals surface area contributed by atoms with E-state index in [0.717, 1.165) is 27.9 Å². The van der Waals surface area contributed by atoms with Crippen LogP contribution < -0.4 is 4.74 Å². The lowest BCUT2D eigenvalue weighted by atomic mass is 10.0. The number of benzene rings is 2. The Hall–Kier alpha value is -2.13. The number of rotatable bonds is 7. The number of piperidine rings is 1. The van der Waals surface area contributed by atoms with E-state index < -0.39 is 0 Å². The van der Waals surface area contributed by atoms with Gasteiger partial charge in [0.25, 0.3) is 0 Å². The van der Waals surface area contributed by atoms with Gasteiger partial charge in [0, 0.05) is 5.56 Å². The van der Waals surface area contributed by atoms with Gasteiger partial charge in [0.05, 0.1) is 33.1 Å². The van der Waals surface area contributed by atoms with E-state index in [4.69, 9.17) is 4.74 Å². The summed E-state index contributed by atoms with van der Waals surface area (Å²) >= 11 is 0. The Morgan fingerprint density at radius 1 is 0.960 bits per heavy atom. The van der Waals surface area contributed by atoms with Crippen LogP contribution in [0.4, 0.5) is 0 Å². The van der Waals surface area contributed by atoms with Crippen LogP contribution in [0.25, 0.3) is 0 Å². The summed E-state index contributed by atoms with van der Waals surface area (Å²) in [5.74, 6) is 1.04. The van der Waals surface area contributed by atoms with Crippen molar-refractivity contribution in [2.45, 2.75) is 32.3 Å². The number of likely N-dealkylation sites (tertiary alicyclic amines) is 1. The third-order valence-electron chi connectivity index (χ3n) is 5.20. The SMILES string of the molecule is C[N+]1(CCC(=O)c2ccc(OCc3ccccc3)cc2)CCCCC1. The van der Waals surface area contributed by atoms with E-state index in [0.29, 0.717) is 13.0 Å². The van der Waals surface area contributed by atoms with Crippen molar-refractivity contribution < 1.29 is 14.0 Å². The zero-order valence-corrected chi connectivity index (χ0v) is 15.1. The molecular weight excluding hydrogens is 310 g/mol. The molecule has 1 aliphatic heterocycles. The van der Waals surface area contributed by atoms with E-state index in [1.54, 1.807) is 0 Å². The maximum Gasteiger partial charge on any atom is 0.168 e. The lowest BCUT2D eigenvalue weighted by Gasteiger charge is -2.37. The number of quaternary nitrogens is 1. The van der Waals surface area contributed by atoms with E-state index in [2.05, 4.69) is 7.05 Å². The molecule has 0 saturated carbocycles. The first-order valence-corrected chi connectivity index (χ1v) is 9.28. The Morgan fingerprint density at radius 3 is 2.32 bits per heavy atom. The van der Waals surface area contributed by atoms with Gasteiger partial charge in [-0.15, -0.1) is 0 Å². The average Bonchev–Trinajstić information content (AvgIpc) is 2.66. The predicted molar refractivity (Wildman–Crippen MR) is 101 cm³/mol. The zero-order chi connectivity index (χ0) is 17.5. The summed E-state index contributed by atoms with van der Waals surface area (Å²) in [6.07, 6.45) is 4.54. The highest BCUT2D eigenvalue weighted by Crippen LogP contribution is 2.19. The summed E-state index contributed by atoms with van der Waals surface area (Å²) in [5, 5.41) is 0. The van der Waals surface area contributed by atoms with Crippen LogP contribution in [0.1, 0.15) is 41.6 Å². The fraction of sp³-hybridized carbons (Fsp3) is 0.409. The standard InChI is InChI=1S/C22H28NO2/c1-23(15-6-3-7-16-23)17-14-22(24)20-10-12-21(13-11-20)25-18-19-8-4-2-5-9-19/h2,4-5,8-13H,3,6-7,14-18H2,1H3/q+1. The molecule has 1 heterocycles. The van der Waals surface area contributed by atoms with Gasteiger partial charge in [0.15, 0.2) is 5.78 Å². The molecule has 132 valence electrons. The number of hydrogen-bond donors (Lipinski definition) is 0. The molecule has 1 saturated heterocycles. The first kappa shape index (κ1) is 17.7. The van der Waals surface area contributed by atoms with Crippen LogP contribution in [-0.4, -0.2) is 36.9 Å². The van der Waals surface area contributed by atoms with Crippen LogP contribution in [0.3, 0.4) is 0 Å². The van der Waals surface area contributed by atoms with Crippen molar-refractivity contribution in [3.05, 3.63) is 65.7 Å². The zero-order valence-electron chi connectivity index (χ0n) is 15.1. The van der Waals surface area contributed by atoms with Crippen LogP contribution in [0.15, 0.2) is 54.6 Å². The van der Waals surface area contributed by atoms with E-state index in [1.807, 2.05) is 54.6 Å². The highest BCUT2D eigenvalue weighted by atomic mass is 16.5. The van der Waals surface area contributed by atoms with Crippen LogP contribution >= 0.6 is 0 Å². The van der Waals surface area contributed by atoms with Crippen LogP contribution in [0, 0.1) is 0 Å². The Morgan fingerprint density at radius 2 is 1.64 bits per heavy atom. The molecule has 0 amide bonds. The molecule has 0 aromatic heterocycles. The molecule has 0 bridgehead atoms. The van der Waals surface area contributed by atoms with Gasteiger partial charge in [-0.2, -0.15) is 0 Å². The third kappa shape index (κ3) is 5.17. The summed E-state index contributed by atoms with van der Waals surface area (Å²) in [6.45, 7) is 3.91. The van der Waals surface area contributed by atoms with Crippen molar-refractivity contribution in [3.8, 4) is 5.75 Å². The average molecular weight is 338 g/mol. The smallest absolute Gasteiger partial charge is 0.168 e. The summed E-state index contributed by atoms with van der Waals surface area (Å²) in [7, 11) is 2.28. The van der Waals surface area contributed by atoms with E-state index in [1.165, 1.54) is 32.4 Å². The van der Waals surface area contributed by atoms with Gasteiger partial charge in [0.2, 0.25) is 0 Å². The highest BCUT2D eigenvalue weighted by molar-refractivity contribution is 5.96. The van der Waals surface area contributed by atoms with Gasteiger partial charge < -0.3 is 9.22 Å². The largest absolute Gasteiger partial charge is 0.489 e. The first-order valence-electron chi connectivity index (χ1n) is 9.28. The van der Waals surface area contributed by atoms with Gasteiger partial charge in [0.1, 0.15) is 12.4 Å². The quantitative estimate of drug-likeness (QED) is 0.550. The van der Waals surface area contributed by atoms with Crippen molar-refractivity contribution in [2.75, 3.05) is 26.7 Å². The molecule has 0 aliphatic carbocycles. The molecule has 3 nitrogen and oxygen atoms in total. The highest BCUT2D eigenvalue weighted by Gasteiger charge is 2.25. The number of ether oxygens (including phenoxy) is 1. The Kier molecular flexibility index (Phi) is 5.87. The van der Waals surface area contributed by atoms with Crippen LogP contribution in [0.5, 0.6) is 5.75 Å². The molecule has 0 spiro atoms. The molecule has 0 atom stereocenters.